The van der Waals surface area contributed by atoms with Crippen molar-refractivity contribution in [3.05, 3.63) is 23.8 Å². The third kappa shape index (κ3) is 3.74. The molecule has 0 aliphatic heterocycles. The van der Waals surface area contributed by atoms with Crippen molar-refractivity contribution >= 4 is 0 Å². The minimum atomic E-state index is 0.174. The molecule has 0 bridgehead atoms. The fourth-order valence-corrected chi connectivity index (χ4v) is 1.43. The van der Waals surface area contributed by atoms with Crippen LogP contribution in [0.4, 0.5) is 0 Å². The van der Waals surface area contributed by atoms with Crippen LogP contribution in [0.25, 0.3) is 0 Å². The fourth-order valence-electron chi connectivity index (χ4n) is 1.43. The molecule has 0 amide bonds. The average molecular weight is 223 g/mol. The predicted molar refractivity (Wildman–Crippen MR) is 66.1 cm³/mol. The van der Waals surface area contributed by atoms with Crippen molar-refractivity contribution in [1.82, 2.24) is 5.32 Å². The number of ether oxygens (including phenoxy) is 2. The van der Waals surface area contributed by atoms with E-state index in [-0.39, 0.29) is 6.10 Å². The van der Waals surface area contributed by atoms with Crippen molar-refractivity contribution < 1.29 is 9.47 Å². The van der Waals surface area contributed by atoms with E-state index in [4.69, 9.17) is 9.47 Å². The molecule has 0 aliphatic carbocycles. The lowest BCUT2D eigenvalue weighted by Crippen LogP contribution is -2.14. The average Bonchev–Trinajstić information content (AvgIpc) is 2.26. The third-order valence-corrected chi connectivity index (χ3v) is 2.20. The Labute approximate surface area is 97.8 Å². The number of nitrogens with one attached hydrogen (secondary N) is 1. The van der Waals surface area contributed by atoms with Gasteiger partial charge in [-0.05, 0) is 26.5 Å². The molecule has 0 spiro atoms. The zero-order valence-corrected chi connectivity index (χ0v) is 10.5. The maximum atomic E-state index is 5.76. The predicted octanol–water partition coefficient (Wildman–Crippen LogP) is 2.59. The van der Waals surface area contributed by atoms with E-state index in [1.54, 1.807) is 7.11 Å². The van der Waals surface area contributed by atoms with Crippen molar-refractivity contribution in [2.45, 2.75) is 33.4 Å². The maximum absolute atomic E-state index is 5.76. The molecule has 0 aromatic heterocycles. The molecule has 1 N–H and O–H groups in total. The summed E-state index contributed by atoms with van der Waals surface area (Å²) in [5.41, 5.74) is 1.16. The lowest BCUT2D eigenvalue weighted by molar-refractivity contribution is 0.238. The van der Waals surface area contributed by atoms with Gasteiger partial charge in [-0.25, -0.2) is 0 Å². The van der Waals surface area contributed by atoms with Crippen LogP contribution < -0.4 is 14.8 Å². The van der Waals surface area contributed by atoms with E-state index in [2.05, 4.69) is 12.2 Å². The minimum absolute atomic E-state index is 0.174. The van der Waals surface area contributed by atoms with Crippen molar-refractivity contribution in [2.75, 3.05) is 13.7 Å². The number of rotatable bonds is 6. The number of benzene rings is 1. The largest absolute Gasteiger partial charge is 0.497 e. The first kappa shape index (κ1) is 12.8. The molecule has 90 valence electrons. The molecule has 0 radical (unpaired) electrons. The van der Waals surface area contributed by atoms with Gasteiger partial charge in [-0.15, -0.1) is 0 Å². The number of hydrogen-bond acceptors (Lipinski definition) is 3. The van der Waals surface area contributed by atoms with E-state index in [0.717, 1.165) is 30.2 Å². The van der Waals surface area contributed by atoms with Crippen LogP contribution in [-0.4, -0.2) is 19.8 Å². The van der Waals surface area contributed by atoms with Crippen molar-refractivity contribution in [1.29, 1.82) is 0 Å². The Hall–Kier alpha value is -1.22. The Balaban J connectivity index is 2.87. The Kier molecular flexibility index (Phi) is 5.12. The van der Waals surface area contributed by atoms with Crippen molar-refractivity contribution in [2.24, 2.45) is 0 Å². The summed E-state index contributed by atoms with van der Waals surface area (Å²) in [5, 5.41) is 3.29. The van der Waals surface area contributed by atoms with Crippen LogP contribution >= 0.6 is 0 Å². The third-order valence-electron chi connectivity index (χ3n) is 2.20. The first-order valence-electron chi connectivity index (χ1n) is 5.71. The maximum Gasteiger partial charge on any atom is 0.127 e. The van der Waals surface area contributed by atoms with Gasteiger partial charge in [0.1, 0.15) is 11.5 Å². The highest BCUT2D eigenvalue weighted by Crippen LogP contribution is 2.25. The van der Waals surface area contributed by atoms with E-state index in [1.807, 2.05) is 32.0 Å². The van der Waals surface area contributed by atoms with E-state index in [1.165, 1.54) is 0 Å². The van der Waals surface area contributed by atoms with Crippen LogP contribution in [0, 0.1) is 0 Å². The van der Waals surface area contributed by atoms with Crippen LogP contribution in [0.3, 0.4) is 0 Å². The van der Waals surface area contributed by atoms with Gasteiger partial charge in [0.25, 0.3) is 0 Å². The Morgan fingerprint density at radius 1 is 1.31 bits per heavy atom. The molecular formula is C13H21NO2. The molecule has 3 nitrogen and oxygen atoms in total. The monoisotopic (exact) mass is 223 g/mol. The molecule has 16 heavy (non-hydrogen) atoms. The van der Waals surface area contributed by atoms with Crippen molar-refractivity contribution in [3.8, 4) is 11.5 Å². The highest BCUT2D eigenvalue weighted by Gasteiger charge is 2.07. The van der Waals surface area contributed by atoms with Gasteiger partial charge >= 0.3 is 0 Å². The molecule has 1 rings (SSSR count). The summed E-state index contributed by atoms with van der Waals surface area (Å²) < 4.78 is 11.0. The highest BCUT2D eigenvalue weighted by atomic mass is 16.5. The normalized spacial score (nSPS) is 10.6. The standard InChI is InChI=1S/C13H21NO2/c1-5-14-9-11-6-7-12(15-4)8-13(11)16-10(2)3/h6-8,10,14H,5,9H2,1-4H3. The highest BCUT2D eigenvalue weighted by molar-refractivity contribution is 5.40. The summed E-state index contributed by atoms with van der Waals surface area (Å²) in [7, 11) is 1.67. The molecule has 0 unspecified atom stereocenters. The Morgan fingerprint density at radius 2 is 2.06 bits per heavy atom. The van der Waals surface area contributed by atoms with Gasteiger partial charge in [-0.2, -0.15) is 0 Å². The molecule has 0 saturated heterocycles. The number of hydrogen-bond donors (Lipinski definition) is 1. The summed E-state index contributed by atoms with van der Waals surface area (Å²) >= 11 is 0. The smallest absolute Gasteiger partial charge is 0.127 e. The van der Waals surface area contributed by atoms with E-state index < -0.39 is 0 Å². The second-order valence-electron chi connectivity index (χ2n) is 3.92. The SMILES string of the molecule is CCNCc1ccc(OC)cc1OC(C)C. The van der Waals surface area contributed by atoms with Gasteiger partial charge < -0.3 is 14.8 Å². The zero-order valence-electron chi connectivity index (χ0n) is 10.5. The van der Waals surface area contributed by atoms with Gasteiger partial charge in [-0.1, -0.05) is 13.0 Å². The second-order valence-corrected chi connectivity index (χ2v) is 3.92. The van der Waals surface area contributed by atoms with Gasteiger partial charge in [0.2, 0.25) is 0 Å². The van der Waals surface area contributed by atoms with Crippen LogP contribution in [0.1, 0.15) is 26.3 Å². The van der Waals surface area contributed by atoms with Gasteiger partial charge in [0.05, 0.1) is 13.2 Å². The van der Waals surface area contributed by atoms with Crippen LogP contribution in [0.15, 0.2) is 18.2 Å². The zero-order chi connectivity index (χ0) is 12.0. The van der Waals surface area contributed by atoms with Crippen molar-refractivity contribution in [3.63, 3.8) is 0 Å². The second kappa shape index (κ2) is 6.38. The quantitative estimate of drug-likeness (QED) is 0.804. The van der Waals surface area contributed by atoms with Gasteiger partial charge in [-0.3, -0.25) is 0 Å². The van der Waals surface area contributed by atoms with Crippen LogP contribution in [0.2, 0.25) is 0 Å². The molecule has 1 aromatic rings. The van der Waals surface area contributed by atoms with E-state index in [0.29, 0.717) is 0 Å². The lowest BCUT2D eigenvalue weighted by Gasteiger charge is -2.15. The van der Waals surface area contributed by atoms with E-state index >= 15 is 0 Å². The molecule has 0 atom stereocenters. The van der Waals surface area contributed by atoms with Gasteiger partial charge in [0, 0.05) is 18.2 Å². The molecule has 3 heteroatoms. The summed E-state index contributed by atoms with van der Waals surface area (Å²) in [6.45, 7) is 7.91. The lowest BCUT2D eigenvalue weighted by atomic mass is 10.2. The summed E-state index contributed by atoms with van der Waals surface area (Å²) in [6.07, 6.45) is 0.174. The first-order chi connectivity index (χ1) is 7.67. The molecule has 0 fully saturated rings. The molecule has 0 heterocycles. The Bertz CT molecular complexity index is 324. The summed E-state index contributed by atoms with van der Waals surface area (Å²) in [6, 6.07) is 5.94. The summed E-state index contributed by atoms with van der Waals surface area (Å²) in [5.74, 6) is 1.73. The van der Waals surface area contributed by atoms with Crippen LogP contribution in [0.5, 0.6) is 11.5 Å². The minimum Gasteiger partial charge on any atom is -0.497 e. The molecule has 1 aromatic carbocycles. The Morgan fingerprint density at radius 3 is 2.62 bits per heavy atom. The molecular weight excluding hydrogens is 202 g/mol. The topological polar surface area (TPSA) is 30.5 Å². The number of methoxy groups -OCH3 is 1. The van der Waals surface area contributed by atoms with Gasteiger partial charge in [0.15, 0.2) is 0 Å². The van der Waals surface area contributed by atoms with E-state index in [9.17, 15) is 0 Å². The fraction of sp³-hybridized carbons (Fsp3) is 0.538. The molecule has 0 aliphatic rings. The summed E-state index contributed by atoms with van der Waals surface area (Å²) in [4.78, 5) is 0. The van der Waals surface area contributed by atoms with Crippen LogP contribution in [-0.2, 0) is 6.54 Å². The molecule has 0 saturated carbocycles. The first-order valence-corrected chi connectivity index (χ1v) is 5.71.